The van der Waals surface area contributed by atoms with E-state index in [0.29, 0.717) is 0 Å². The molecular formula is C17H29ClN5O7P. The van der Waals surface area contributed by atoms with Crippen LogP contribution in [0.1, 0.15) is 46.8 Å². The molecule has 0 saturated heterocycles. The number of nitrogens with zero attached hydrogens (tertiary/aromatic N) is 4. The Hall–Kier alpha value is -1.37. The number of aliphatic hydroxyl groups is 3. The molecule has 0 saturated carbocycles. The lowest BCUT2D eigenvalue weighted by molar-refractivity contribution is -0.121. The van der Waals surface area contributed by atoms with E-state index in [0.717, 1.165) is 4.57 Å². The summed E-state index contributed by atoms with van der Waals surface area (Å²) in [6, 6.07) is 0. The Kier molecular flexibility index (Phi) is 7.72. The molecule has 2 aromatic heterocycles. The molecule has 0 aliphatic rings. The summed E-state index contributed by atoms with van der Waals surface area (Å²) < 4.78 is 24.4. The van der Waals surface area contributed by atoms with Crippen LogP contribution in [0.2, 0.25) is 5.15 Å². The Morgan fingerprint density at radius 1 is 1.32 bits per heavy atom. The number of halogens is 1. The average Bonchev–Trinajstić information content (AvgIpc) is 3.08. The highest BCUT2D eigenvalue weighted by molar-refractivity contribution is 7.54. The number of aromatic nitrogens is 4. The quantitative estimate of drug-likeness (QED) is 0.244. The molecule has 14 heteroatoms. The molecule has 2 rings (SSSR count). The standard InChI is InChI=1S/C17H29ClN5O7P/c1-6-17(4,26)31(27,28)30-16(2,3)7-9(29-5)11(24)14(25)23-8-20-10-12(18)21-15(19)22-13(10)23/h8-9,11,14,24-26H,6-7H2,1-5H3,(H,27,28)(H2,19,21,22)/t9-,11-,14-,17?/m1/s1. The second kappa shape index (κ2) is 9.24. The van der Waals surface area contributed by atoms with Crippen LogP contribution in [0.15, 0.2) is 6.33 Å². The number of methoxy groups -OCH3 is 1. The van der Waals surface area contributed by atoms with Crippen LogP contribution < -0.4 is 5.73 Å². The Morgan fingerprint density at radius 2 is 1.94 bits per heavy atom. The average molecular weight is 482 g/mol. The van der Waals surface area contributed by atoms with E-state index < -0.39 is 37.0 Å². The summed E-state index contributed by atoms with van der Waals surface area (Å²) in [5, 5.41) is 29.7. The van der Waals surface area contributed by atoms with E-state index in [1.54, 1.807) is 6.92 Å². The van der Waals surface area contributed by atoms with Crippen molar-refractivity contribution in [3.63, 3.8) is 0 Å². The fourth-order valence-electron chi connectivity index (χ4n) is 2.95. The fraction of sp³-hybridized carbons (Fsp3) is 0.706. The van der Waals surface area contributed by atoms with Crippen LogP contribution in [0.25, 0.3) is 11.2 Å². The molecule has 0 aliphatic heterocycles. The first-order chi connectivity index (χ1) is 14.2. The number of nitrogen functional groups attached to an aromatic ring is 1. The molecule has 6 N–H and O–H groups in total. The van der Waals surface area contributed by atoms with Gasteiger partial charge in [0.25, 0.3) is 0 Å². The Morgan fingerprint density at radius 3 is 2.48 bits per heavy atom. The van der Waals surface area contributed by atoms with Gasteiger partial charge in [-0.15, -0.1) is 0 Å². The van der Waals surface area contributed by atoms with Crippen molar-refractivity contribution >= 4 is 36.3 Å². The lowest BCUT2D eigenvalue weighted by Crippen LogP contribution is -2.42. The summed E-state index contributed by atoms with van der Waals surface area (Å²) in [6.45, 7) is 5.77. The molecule has 5 atom stereocenters. The zero-order valence-corrected chi connectivity index (χ0v) is 19.6. The number of aliphatic hydroxyl groups excluding tert-OH is 2. The van der Waals surface area contributed by atoms with Crippen LogP contribution in [-0.2, 0) is 13.8 Å². The predicted molar refractivity (Wildman–Crippen MR) is 113 cm³/mol. The largest absolute Gasteiger partial charge is 0.386 e. The molecule has 0 aliphatic carbocycles. The molecule has 0 aromatic carbocycles. The van der Waals surface area contributed by atoms with Gasteiger partial charge in [0.2, 0.25) is 5.95 Å². The van der Waals surface area contributed by atoms with E-state index in [-0.39, 0.29) is 35.1 Å². The molecule has 2 heterocycles. The van der Waals surface area contributed by atoms with Gasteiger partial charge in [0.1, 0.15) is 11.6 Å². The van der Waals surface area contributed by atoms with Crippen molar-refractivity contribution in [2.45, 2.75) is 69.9 Å². The second-order valence-corrected chi connectivity index (χ2v) is 10.6. The third-order valence-electron chi connectivity index (χ3n) is 5.01. The normalized spacial score (nSPS) is 19.5. The summed E-state index contributed by atoms with van der Waals surface area (Å²) in [7, 11) is -3.13. The van der Waals surface area contributed by atoms with Gasteiger partial charge in [-0.05, 0) is 27.2 Å². The van der Waals surface area contributed by atoms with E-state index in [1.165, 1.54) is 34.2 Å². The highest BCUT2D eigenvalue weighted by atomic mass is 35.5. The van der Waals surface area contributed by atoms with Gasteiger partial charge in [0.05, 0.1) is 18.0 Å². The number of anilines is 1. The topological polar surface area (TPSA) is 186 Å². The van der Waals surface area contributed by atoms with Crippen LogP contribution in [0, 0.1) is 0 Å². The molecule has 31 heavy (non-hydrogen) atoms. The van der Waals surface area contributed by atoms with Gasteiger partial charge < -0.3 is 35.2 Å². The van der Waals surface area contributed by atoms with Crippen LogP contribution in [-0.4, -0.2) is 70.0 Å². The van der Waals surface area contributed by atoms with Crippen molar-refractivity contribution in [2.24, 2.45) is 0 Å². The minimum absolute atomic E-state index is 0.00679. The predicted octanol–water partition coefficient (Wildman–Crippen LogP) is 1.42. The summed E-state index contributed by atoms with van der Waals surface area (Å²) in [5.74, 6) is -0.138. The molecule has 2 aromatic rings. The van der Waals surface area contributed by atoms with E-state index >= 15 is 0 Å². The number of rotatable bonds is 10. The highest BCUT2D eigenvalue weighted by Crippen LogP contribution is 2.58. The maximum atomic E-state index is 12.5. The van der Waals surface area contributed by atoms with Crippen molar-refractivity contribution in [3.8, 4) is 0 Å². The van der Waals surface area contributed by atoms with Gasteiger partial charge >= 0.3 is 7.60 Å². The first-order valence-corrected chi connectivity index (χ1v) is 11.4. The fourth-order valence-corrected chi connectivity index (χ4v) is 4.51. The van der Waals surface area contributed by atoms with Crippen LogP contribution in [0.3, 0.4) is 0 Å². The van der Waals surface area contributed by atoms with E-state index in [4.69, 9.17) is 26.6 Å². The van der Waals surface area contributed by atoms with Gasteiger partial charge in [0.15, 0.2) is 22.4 Å². The monoisotopic (exact) mass is 481 g/mol. The SMILES string of the molecule is CCC(C)(O)P(=O)(O)OC(C)(C)C[C@@H](OC)[C@@H](O)[C@@H](O)n1cnc2c(Cl)nc(N)nc21. The molecule has 0 fully saturated rings. The van der Waals surface area contributed by atoms with Gasteiger partial charge in [-0.3, -0.25) is 9.13 Å². The van der Waals surface area contributed by atoms with Crippen LogP contribution in [0.4, 0.5) is 5.95 Å². The Balaban J connectivity index is 2.25. The first-order valence-electron chi connectivity index (χ1n) is 9.46. The molecule has 0 spiro atoms. The molecule has 12 nitrogen and oxygen atoms in total. The van der Waals surface area contributed by atoms with Gasteiger partial charge in [0, 0.05) is 13.5 Å². The summed E-state index contributed by atoms with van der Waals surface area (Å²) in [4.78, 5) is 22.0. The molecule has 0 amide bonds. The minimum Gasteiger partial charge on any atom is -0.386 e. The van der Waals surface area contributed by atoms with Crippen molar-refractivity contribution in [1.82, 2.24) is 19.5 Å². The van der Waals surface area contributed by atoms with Crippen molar-refractivity contribution < 1.29 is 34.0 Å². The zero-order chi connectivity index (χ0) is 23.8. The van der Waals surface area contributed by atoms with Crippen molar-refractivity contribution in [1.29, 1.82) is 0 Å². The van der Waals surface area contributed by atoms with E-state index in [1.807, 2.05) is 0 Å². The molecule has 2 unspecified atom stereocenters. The smallest absolute Gasteiger partial charge is 0.359 e. The maximum Gasteiger partial charge on any atom is 0.359 e. The van der Waals surface area contributed by atoms with Crippen molar-refractivity contribution in [3.05, 3.63) is 11.5 Å². The third-order valence-corrected chi connectivity index (χ3v) is 7.55. The third kappa shape index (κ3) is 5.52. The first kappa shape index (κ1) is 25.9. The number of nitrogens with two attached hydrogens (primary N) is 1. The lowest BCUT2D eigenvalue weighted by Gasteiger charge is -2.37. The number of fused-ring (bicyclic) bond motifs is 1. The molecule has 0 bridgehead atoms. The zero-order valence-electron chi connectivity index (χ0n) is 17.9. The van der Waals surface area contributed by atoms with Crippen LogP contribution in [0.5, 0.6) is 0 Å². The highest BCUT2D eigenvalue weighted by Gasteiger charge is 2.46. The maximum absolute atomic E-state index is 12.5. The summed E-state index contributed by atoms with van der Waals surface area (Å²) >= 11 is 5.98. The summed E-state index contributed by atoms with van der Waals surface area (Å²) in [5.41, 5.74) is 4.58. The number of hydrogen-bond donors (Lipinski definition) is 5. The molecular weight excluding hydrogens is 453 g/mol. The molecule has 176 valence electrons. The molecule has 0 radical (unpaired) electrons. The lowest BCUT2D eigenvalue weighted by atomic mass is 9.97. The number of ether oxygens (including phenoxy) is 1. The van der Waals surface area contributed by atoms with E-state index in [2.05, 4.69) is 15.0 Å². The Labute approximate surface area is 184 Å². The number of hydrogen-bond acceptors (Lipinski definition) is 10. The van der Waals surface area contributed by atoms with Crippen LogP contribution >= 0.6 is 19.2 Å². The van der Waals surface area contributed by atoms with Crippen molar-refractivity contribution in [2.75, 3.05) is 12.8 Å². The summed E-state index contributed by atoms with van der Waals surface area (Å²) in [6.07, 6.45) is -3.03. The number of imidazole rings is 1. The van der Waals surface area contributed by atoms with Gasteiger partial charge in [-0.25, -0.2) is 4.98 Å². The van der Waals surface area contributed by atoms with Gasteiger partial charge in [-0.1, -0.05) is 18.5 Å². The van der Waals surface area contributed by atoms with Gasteiger partial charge in [-0.2, -0.15) is 9.97 Å². The Bertz CT molecular complexity index is 970. The second-order valence-electron chi connectivity index (χ2n) is 8.02. The van der Waals surface area contributed by atoms with E-state index in [9.17, 15) is 24.8 Å². The minimum atomic E-state index is -4.43.